The summed E-state index contributed by atoms with van der Waals surface area (Å²) in [5.41, 5.74) is 10.4. The fourth-order valence-corrected chi connectivity index (χ4v) is 2.21. The highest BCUT2D eigenvalue weighted by atomic mass is 32.2. The molecule has 0 atom stereocenters. The predicted molar refractivity (Wildman–Crippen MR) is 82.8 cm³/mol. The molecule has 5 N–H and O–H groups in total. The van der Waals surface area contributed by atoms with Crippen molar-refractivity contribution >= 4 is 29.4 Å². The largest absolute Gasteiger partial charge is 0.408 e. The Morgan fingerprint density at radius 2 is 2.13 bits per heavy atom. The number of nitrogens with two attached hydrogens (primary N) is 2. The molecule has 0 radical (unpaired) electrons. The van der Waals surface area contributed by atoms with Crippen molar-refractivity contribution in [2.75, 3.05) is 17.6 Å². The van der Waals surface area contributed by atoms with Crippen molar-refractivity contribution in [3.05, 3.63) is 18.1 Å². The molecule has 1 aromatic heterocycles. The van der Waals surface area contributed by atoms with Gasteiger partial charge in [0.25, 0.3) is 0 Å². The Morgan fingerprint density at radius 1 is 1.39 bits per heavy atom. The van der Waals surface area contributed by atoms with E-state index in [2.05, 4.69) is 20.3 Å². The summed E-state index contributed by atoms with van der Waals surface area (Å²) in [5, 5.41) is 2.48. The van der Waals surface area contributed by atoms with Gasteiger partial charge < -0.3 is 16.8 Å². The molecule has 0 aromatic carbocycles. The van der Waals surface area contributed by atoms with Crippen LogP contribution in [0.15, 0.2) is 17.3 Å². The highest BCUT2D eigenvalue weighted by Crippen LogP contribution is 2.15. The Balaban J connectivity index is 2.45. The van der Waals surface area contributed by atoms with E-state index in [1.165, 1.54) is 24.0 Å². The molecular formula is C12H17F3N6OS. The van der Waals surface area contributed by atoms with Crippen molar-refractivity contribution < 1.29 is 18.0 Å². The SMILES string of the molecule is NC(=O)CCCSCc1nccc(NC(N)=NCC(F)(F)F)n1. The van der Waals surface area contributed by atoms with E-state index in [0.29, 0.717) is 24.4 Å². The van der Waals surface area contributed by atoms with Gasteiger partial charge in [0.05, 0.1) is 5.75 Å². The van der Waals surface area contributed by atoms with Crippen molar-refractivity contribution in [3.63, 3.8) is 0 Å². The molecule has 0 spiro atoms. The maximum atomic E-state index is 12.0. The van der Waals surface area contributed by atoms with E-state index in [1.54, 1.807) is 0 Å². The van der Waals surface area contributed by atoms with Crippen LogP contribution in [0.4, 0.5) is 19.0 Å². The number of nitrogens with zero attached hydrogens (tertiary/aromatic N) is 3. The third-order valence-electron chi connectivity index (χ3n) is 2.33. The van der Waals surface area contributed by atoms with Crippen LogP contribution < -0.4 is 16.8 Å². The minimum atomic E-state index is -4.41. The summed E-state index contributed by atoms with van der Waals surface area (Å²) in [6, 6.07) is 1.47. The number of nitrogens with one attached hydrogen (secondary N) is 1. The Kier molecular flexibility index (Phi) is 7.59. The van der Waals surface area contributed by atoms with Crippen molar-refractivity contribution in [1.29, 1.82) is 0 Å². The number of carbonyl (C=O) groups excluding carboxylic acids is 1. The maximum Gasteiger partial charge on any atom is 0.408 e. The molecule has 23 heavy (non-hydrogen) atoms. The van der Waals surface area contributed by atoms with Gasteiger partial charge in [-0.05, 0) is 18.2 Å². The average molecular weight is 350 g/mol. The molecule has 0 fully saturated rings. The molecule has 1 aromatic rings. The number of alkyl halides is 3. The van der Waals surface area contributed by atoms with Crippen molar-refractivity contribution in [1.82, 2.24) is 9.97 Å². The molecule has 1 rings (SSSR count). The summed E-state index contributed by atoms with van der Waals surface area (Å²) < 4.78 is 36.1. The zero-order valence-electron chi connectivity index (χ0n) is 12.1. The van der Waals surface area contributed by atoms with Crippen LogP contribution in [0.5, 0.6) is 0 Å². The smallest absolute Gasteiger partial charge is 0.370 e. The minimum absolute atomic E-state index is 0.260. The van der Waals surface area contributed by atoms with Crippen molar-refractivity contribution in [2.45, 2.75) is 24.8 Å². The monoisotopic (exact) mass is 350 g/mol. The third-order valence-corrected chi connectivity index (χ3v) is 3.37. The van der Waals surface area contributed by atoms with E-state index < -0.39 is 12.7 Å². The van der Waals surface area contributed by atoms with Gasteiger partial charge >= 0.3 is 6.18 Å². The van der Waals surface area contributed by atoms with Crippen molar-refractivity contribution in [2.24, 2.45) is 16.5 Å². The van der Waals surface area contributed by atoms with E-state index in [-0.39, 0.29) is 17.7 Å². The normalized spacial score (nSPS) is 12.2. The first-order chi connectivity index (χ1) is 10.8. The lowest BCUT2D eigenvalue weighted by Crippen LogP contribution is -2.26. The fourth-order valence-electron chi connectivity index (χ4n) is 1.40. The summed E-state index contributed by atoms with van der Waals surface area (Å²) in [6.07, 6.45) is -1.97. The molecule has 0 bridgehead atoms. The van der Waals surface area contributed by atoms with Gasteiger partial charge in [-0.3, -0.25) is 4.79 Å². The van der Waals surface area contributed by atoms with E-state index in [1.807, 2.05) is 0 Å². The number of guanidine groups is 1. The van der Waals surface area contributed by atoms with Gasteiger partial charge in [0.1, 0.15) is 18.2 Å². The second-order valence-corrected chi connectivity index (χ2v) is 5.53. The molecule has 128 valence electrons. The Bertz CT molecular complexity index is 552. The summed E-state index contributed by atoms with van der Waals surface area (Å²) in [7, 11) is 0. The number of anilines is 1. The average Bonchev–Trinajstić information content (AvgIpc) is 2.44. The number of rotatable bonds is 8. The Labute approximate surface area is 135 Å². The second kappa shape index (κ2) is 9.18. The van der Waals surface area contributed by atoms with Gasteiger partial charge in [-0.25, -0.2) is 15.0 Å². The number of hydrogen-bond acceptors (Lipinski definition) is 5. The lowest BCUT2D eigenvalue weighted by Gasteiger charge is -2.07. The highest BCUT2D eigenvalue weighted by molar-refractivity contribution is 7.98. The number of hydrogen-bond donors (Lipinski definition) is 3. The molecule has 0 aliphatic rings. The Morgan fingerprint density at radius 3 is 2.78 bits per heavy atom. The van der Waals surface area contributed by atoms with Gasteiger partial charge in [0.2, 0.25) is 5.91 Å². The molecule has 1 amide bonds. The number of aromatic nitrogens is 2. The summed E-state index contributed by atoms with van der Waals surface area (Å²) in [6.45, 7) is -1.36. The van der Waals surface area contributed by atoms with Gasteiger partial charge in [-0.15, -0.1) is 0 Å². The molecule has 1 heterocycles. The van der Waals surface area contributed by atoms with Crippen LogP contribution in [0.3, 0.4) is 0 Å². The zero-order valence-corrected chi connectivity index (χ0v) is 13.0. The molecule has 11 heteroatoms. The number of halogens is 3. The van der Waals surface area contributed by atoms with Crippen LogP contribution in [0.25, 0.3) is 0 Å². The summed E-state index contributed by atoms with van der Waals surface area (Å²) >= 11 is 1.52. The number of amides is 1. The summed E-state index contributed by atoms with van der Waals surface area (Å²) in [5.74, 6) is 1.24. The van der Waals surface area contributed by atoms with Gasteiger partial charge in [0, 0.05) is 12.6 Å². The molecule has 0 aliphatic heterocycles. The predicted octanol–water partition coefficient (Wildman–Crippen LogP) is 1.26. The van der Waals surface area contributed by atoms with Gasteiger partial charge in [-0.1, -0.05) is 0 Å². The van der Waals surface area contributed by atoms with Crippen LogP contribution >= 0.6 is 11.8 Å². The summed E-state index contributed by atoms with van der Waals surface area (Å²) in [4.78, 5) is 21.9. The Hall–Kier alpha value is -2.04. The van der Waals surface area contributed by atoms with Crippen LogP contribution in [-0.4, -0.2) is 40.3 Å². The lowest BCUT2D eigenvalue weighted by atomic mass is 10.3. The zero-order chi connectivity index (χ0) is 17.3. The lowest BCUT2D eigenvalue weighted by molar-refractivity contribution is -0.119. The van der Waals surface area contributed by atoms with Gasteiger partial charge in [-0.2, -0.15) is 24.9 Å². The quantitative estimate of drug-likeness (QED) is 0.369. The highest BCUT2D eigenvalue weighted by Gasteiger charge is 2.26. The first-order valence-electron chi connectivity index (χ1n) is 6.58. The third kappa shape index (κ3) is 9.55. The first-order valence-corrected chi connectivity index (χ1v) is 7.73. The number of primary amides is 1. The molecular weight excluding hydrogens is 333 g/mol. The second-order valence-electron chi connectivity index (χ2n) is 4.42. The molecule has 0 aliphatic carbocycles. The molecule has 0 saturated carbocycles. The maximum absolute atomic E-state index is 12.0. The van der Waals surface area contributed by atoms with E-state index in [9.17, 15) is 18.0 Å². The van der Waals surface area contributed by atoms with Crippen molar-refractivity contribution in [3.8, 4) is 0 Å². The van der Waals surface area contributed by atoms with Gasteiger partial charge in [0.15, 0.2) is 5.96 Å². The molecule has 0 unspecified atom stereocenters. The number of carbonyl (C=O) groups is 1. The standard InChI is InChI=1S/C12H17F3N6OS/c13-12(14,15)7-19-11(17)21-9-3-4-18-10(20-9)6-23-5-1-2-8(16)22/h3-4H,1-2,5-7H2,(H2,16,22)(H3,17,18,19,20,21). The molecule has 0 saturated heterocycles. The number of thioether (sulfide) groups is 1. The first kappa shape index (κ1) is 19.0. The van der Waals surface area contributed by atoms with Crippen LogP contribution in [0.2, 0.25) is 0 Å². The minimum Gasteiger partial charge on any atom is -0.370 e. The number of aliphatic imine (C=N–C) groups is 1. The topological polar surface area (TPSA) is 119 Å². The molecule has 7 nitrogen and oxygen atoms in total. The van der Waals surface area contributed by atoms with Crippen LogP contribution in [-0.2, 0) is 10.5 Å². The van der Waals surface area contributed by atoms with E-state index in [0.717, 1.165) is 5.75 Å². The van der Waals surface area contributed by atoms with Crippen LogP contribution in [0, 0.1) is 0 Å². The van der Waals surface area contributed by atoms with Crippen LogP contribution in [0.1, 0.15) is 18.7 Å². The fraction of sp³-hybridized carbons (Fsp3) is 0.500. The van der Waals surface area contributed by atoms with E-state index >= 15 is 0 Å². The van der Waals surface area contributed by atoms with E-state index in [4.69, 9.17) is 11.5 Å².